The zero-order chi connectivity index (χ0) is 15.5. The van der Waals surface area contributed by atoms with Crippen molar-refractivity contribution < 1.29 is 14.1 Å². The fraction of sp³-hybridized carbons (Fsp3) is 0.375. The summed E-state index contributed by atoms with van der Waals surface area (Å²) < 4.78 is 10.6. The Balaban J connectivity index is 1.85. The smallest absolute Gasteiger partial charge is 0.257 e. The van der Waals surface area contributed by atoms with Gasteiger partial charge >= 0.3 is 0 Å². The lowest BCUT2D eigenvalue weighted by atomic mass is 10.1. The quantitative estimate of drug-likeness (QED) is 0.892. The number of aryl methyl sites for hydroxylation is 1. The Morgan fingerprint density at radius 1 is 1.36 bits per heavy atom. The highest BCUT2D eigenvalue weighted by atomic mass is 16.5. The van der Waals surface area contributed by atoms with Gasteiger partial charge in [0.15, 0.2) is 0 Å². The number of nitrogens with zero attached hydrogens (tertiary/aromatic N) is 1. The van der Waals surface area contributed by atoms with Crippen LogP contribution in [0.15, 0.2) is 34.9 Å². The molecule has 1 aromatic carbocycles. The van der Waals surface area contributed by atoms with Gasteiger partial charge in [0.1, 0.15) is 17.0 Å². The summed E-state index contributed by atoms with van der Waals surface area (Å²) in [5.41, 5.74) is 1.90. The van der Waals surface area contributed by atoms with Crippen molar-refractivity contribution in [3.63, 3.8) is 0 Å². The minimum Gasteiger partial charge on any atom is -0.378 e. The fourth-order valence-electron chi connectivity index (χ4n) is 2.72. The number of amides is 1. The molecule has 6 heteroatoms. The monoisotopic (exact) mass is 301 g/mol. The van der Waals surface area contributed by atoms with E-state index >= 15 is 0 Å². The van der Waals surface area contributed by atoms with Gasteiger partial charge in [-0.2, -0.15) is 0 Å². The van der Waals surface area contributed by atoms with Gasteiger partial charge in [-0.25, -0.2) is 0 Å². The van der Waals surface area contributed by atoms with Gasteiger partial charge in [0.25, 0.3) is 5.91 Å². The van der Waals surface area contributed by atoms with Gasteiger partial charge in [0.2, 0.25) is 0 Å². The summed E-state index contributed by atoms with van der Waals surface area (Å²) in [4.78, 5) is 12.6. The summed E-state index contributed by atoms with van der Waals surface area (Å²) >= 11 is 0. The minimum absolute atomic E-state index is 0.0238. The predicted octanol–water partition coefficient (Wildman–Crippen LogP) is 1.37. The third-order valence-electron chi connectivity index (χ3n) is 3.91. The lowest BCUT2D eigenvalue weighted by Gasteiger charge is -2.18. The van der Waals surface area contributed by atoms with Crippen molar-refractivity contribution in [3.8, 4) is 11.3 Å². The number of aromatic nitrogens is 1. The number of rotatable bonds is 4. The van der Waals surface area contributed by atoms with E-state index in [1.807, 2.05) is 30.3 Å². The highest BCUT2D eigenvalue weighted by molar-refractivity contribution is 6.01. The van der Waals surface area contributed by atoms with Crippen molar-refractivity contribution in [2.24, 2.45) is 0 Å². The summed E-state index contributed by atoms with van der Waals surface area (Å²) in [5, 5.41) is 10.3. The Morgan fingerprint density at radius 3 is 2.86 bits per heavy atom. The van der Waals surface area contributed by atoms with Crippen LogP contribution in [0.2, 0.25) is 0 Å². The topological polar surface area (TPSA) is 76.4 Å². The minimum atomic E-state index is -0.187. The lowest BCUT2D eigenvalue weighted by molar-refractivity contribution is 0.0779. The molecule has 1 amide bonds. The lowest BCUT2D eigenvalue weighted by Crippen LogP contribution is -2.43. The van der Waals surface area contributed by atoms with Crippen LogP contribution >= 0.6 is 0 Å². The van der Waals surface area contributed by atoms with Crippen molar-refractivity contribution in [3.05, 3.63) is 41.7 Å². The molecular formula is C16H19N3O3. The van der Waals surface area contributed by atoms with Crippen LogP contribution in [0.5, 0.6) is 0 Å². The molecule has 0 unspecified atom stereocenters. The first-order valence-corrected chi connectivity index (χ1v) is 7.26. The van der Waals surface area contributed by atoms with E-state index in [4.69, 9.17) is 9.26 Å². The number of carbonyl (C=O) groups excluding carboxylic acids is 1. The Kier molecular flexibility index (Phi) is 4.22. The molecule has 0 spiro atoms. The highest BCUT2D eigenvalue weighted by Gasteiger charge is 2.30. The zero-order valence-electron chi connectivity index (χ0n) is 12.6. The van der Waals surface area contributed by atoms with E-state index in [0.717, 1.165) is 12.1 Å². The molecule has 0 radical (unpaired) electrons. The Labute approximate surface area is 128 Å². The van der Waals surface area contributed by atoms with Crippen molar-refractivity contribution >= 4 is 5.91 Å². The van der Waals surface area contributed by atoms with Crippen molar-refractivity contribution in [2.75, 3.05) is 20.2 Å². The Hall–Kier alpha value is -2.18. The fourth-order valence-corrected chi connectivity index (χ4v) is 2.72. The summed E-state index contributed by atoms with van der Waals surface area (Å²) in [7, 11) is 1.65. The third kappa shape index (κ3) is 2.75. The maximum atomic E-state index is 12.6. The zero-order valence-corrected chi connectivity index (χ0v) is 12.6. The Morgan fingerprint density at radius 2 is 2.14 bits per heavy atom. The van der Waals surface area contributed by atoms with Crippen LogP contribution in [0.4, 0.5) is 0 Å². The third-order valence-corrected chi connectivity index (χ3v) is 3.91. The molecule has 1 fully saturated rings. The second kappa shape index (κ2) is 6.29. The number of methoxy groups -OCH3 is 1. The molecule has 3 rings (SSSR count). The molecule has 22 heavy (non-hydrogen) atoms. The molecule has 6 nitrogen and oxygen atoms in total. The second-order valence-corrected chi connectivity index (χ2v) is 5.34. The van der Waals surface area contributed by atoms with Gasteiger partial charge in [-0.15, -0.1) is 0 Å². The van der Waals surface area contributed by atoms with E-state index in [1.54, 1.807) is 14.0 Å². The molecule has 1 aliphatic rings. The van der Waals surface area contributed by atoms with E-state index in [-0.39, 0.29) is 18.1 Å². The van der Waals surface area contributed by atoms with Crippen molar-refractivity contribution in [1.29, 1.82) is 0 Å². The van der Waals surface area contributed by atoms with E-state index < -0.39 is 0 Å². The van der Waals surface area contributed by atoms with Crippen molar-refractivity contribution in [1.82, 2.24) is 15.8 Å². The molecule has 2 aromatic rings. The largest absolute Gasteiger partial charge is 0.378 e. The Bertz CT molecular complexity index is 654. The van der Waals surface area contributed by atoms with E-state index in [0.29, 0.717) is 23.6 Å². The van der Waals surface area contributed by atoms with Gasteiger partial charge in [0.05, 0.1) is 12.1 Å². The van der Waals surface area contributed by atoms with Gasteiger partial charge in [-0.05, 0) is 6.92 Å². The summed E-state index contributed by atoms with van der Waals surface area (Å²) in [5.74, 6) is 0.324. The summed E-state index contributed by atoms with van der Waals surface area (Å²) in [6.07, 6.45) is -0.0238. The van der Waals surface area contributed by atoms with Gasteiger partial charge in [-0.3, -0.25) is 4.79 Å². The van der Waals surface area contributed by atoms with Crippen LogP contribution in [0.25, 0.3) is 11.3 Å². The summed E-state index contributed by atoms with van der Waals surface area (Å²) in [6, 6.07) is 9.48. The van der Waals surface area contributed by atoms with Crippen LogP contribution in [-0.4, -0.2) is 43.4 Å². The number of ether oxygens (including phenoxy) is 1. The molecule has 0 aliphatic carbocycles. The molecule has 2 heterocycles. The second-order valence-electron chi connectivity index (χ2n) is 5.34. The number of benzene rings is 1. The van der Waals surface area contributed by atoms with Gasteiger partial charge in [0, 0.05) is 25.8 Å². The van der Waals surface area contributed by atoms with E-state index in [9.17, 15) is 4.79 Å². The van der Waals surface area contributed by atoms with Gasteiger partial charge < -0.3 is 19.9 Å². The molecule has 2 atom stereocenters. The van der Waals surface area contributed by atoms with Crippen LogP contribution < -0.4 is 10.6 Å². The molecular weight excluding hydrogens is 282 g/mol. The van der Waals surface area contributed by atoms with Crippen LogP contribution in [0.3, 0.4) is 0 Å². The molecule has 0 saturated carbocycles. The first-order valence-electron chi connectivity index (χ1n) is 7.26. The number of carbonyl (C=O) groups is 1. The van der Waals surface area contributed by atoms with E-state index in [2.05, 4.69) is 15.8 Å². The molecule has 2 N–H and O–H groups in total. The normalized spacial score (nSPS) is 21.0. The maximum Gasteiger partial charge on any atom is 0.257 e. The highest BCUT2D eigenvalue weighted by Crippen LogP contribution is 2.25. The predicted molar refractivity (Wildman–Crippen MR) is 81.6 cm³/mol. The van der Waals surface area contributed by atoms with Gasteiger partial charge in [-0.1, -0.05) is 35.5 Å². The first kappa shape index (κ1) is 14.7. The average molecular weight is 301 g/mol. The molecule has 0 bridgehead atoms. The first-order chi connectivity index (χ1) is 10.7. The number of hydrogen-bond acceptors (Lipinski definition) is 5. The SMILES string of the molecule is CO[C@H]1CNC[C@@H]1NC(=O)c1c(-c2ccccc2)noc1C. The molecule has 1 aromatic heterocycles. The summed E-state index contributed by atoms with van der Waals surface area (Å²) in [6.45, 7) is 3.17. The number of hydrogen-bond donors (Lipinski definition) is 2. The molecule has 116 valence electrons. The van der Waals surface area contributed by atoms with E-state index in [1.165, 1.54) is 0 Å². The van der Waals surface area contributed by atoms with Crippen molar-refractivity contribution in [2.45, 2.75) is 19.1 Å². The maximum absolute atomic E-state index is 12.6. The standard InChI is InChI=1S/C16H19N3O3/c1-10-14(15(19-22-10)11-6-4-3-5-7-11)16(20)18-12-8-17-9-13(12)21-2/h3-7,12-13,17H,8-9H2,1-2H3,(H,18,20)/t12-,13-/m0/s1. The van der Waals surface area contributed by atoms with Crippen LogP contribution in [0, 0.1) is 6.92 Å². The molecule has 1 aliphatic heterocycles. The molecule has 1 saturated heterocycles. The average Bonchev–Trinajstić information content (AvgIpc) is 3.14. The van der Waals surface area contributed by atoms with Crippen LogP contribution in [-0.2, 0) is 4.74 Å². The van der Waals surface area contributed by atoms with Crippen LogP contribution in [0.1, 0.15) is 16.1 Å². The number of nitrogens with one attached hydrogen (secondary N) is 2.